The van der Waals surface area contributed by atoms with E-state index in [-0.39, 0.29) is 0 Å². The first-order valence-electron chi connectivity index (χ1n) is 7.64. The van der Waals surface area contributed by atoms with Gasteiger partial charge in [-0.1, -0.05) is 24.3 Å². The fourth-order valence-electron chi connectivity index (χ4n) is 3.18. The zero-order valence-corrected chi connectivity index (χ0v) is 12.5. The molecule has 3 heteroatoms. The van der Waals surface area contributed by atoms with E-state index < -0.39 is 5.97 Å². The van der Waals surface area contributed by atoms with Crippen LogP contribution in [0.15, 0.2) is 60.8 Å². The van der Waals surface area contributed by atoms with Crippen LogP contribution in [0, 0.1) is 0 Å². The quantitative estimate of drug-likeness (QED) is 0.767. The van der Waals surface area contributed by atoms with E-state index in [1.54, 1.807) is 18.3 Å². The Morgan fingerprint density at radius 2 is 2.00 bits per heavy atom. The number of carboxylic acids is 1. The summed E-state index contributed by atoms with van der Waals surface area (Å²) in [6, 6.07) is 15.6. The number of hydrogen-bond donors (Lipinski definition) is 1. The molecule has 0 spiro atoms. The number of aromatic nitrogens is 1. The molecule has 112 valence electrons. The summed E-state index contributed by atoms with van der Waals surface area (Å²) in [5.41, 5.74) is 5.75. The van der Waals surface area contributed by atoms with Crippen molar-refractivity contribution in [3.63, 3.8) is 0 Å². The van der Waals surface area contributed by atoms with Crippen molar-refractivity contribution in [1.29, 1.82) is 0 Å². The molecule has 2 aromatic carbocycles. The summed E-state index contributed by atoms with van der Waals surface area (Å²) in [7, 11) is 0. The molecule has 3 aromatic rings. The predicted molar refractivity (Wildman–Crippen MR) is 90.5 cm³/mol. The molecule has 0 amide bonds. The molecule has 1 N–H and O–H groups in total. The van der Waals surface area contributed by atoms with Crippen molar-refractivity contribution in [2.45, 2.75) is 12.8 Å². The van der Waals surface area contributed by atoms with Crippen LogP contribution in [0.2, 0.25) is 0 Å². The number of hydrogen-bond acceptors (Lipinski definition) is 2. The van der Waals surface area contributed by atoms with Crippen LogP contribution in [-0.4, -0.2) is 16.1 Å². The van der Waals surface area contributed by atoms with E-state index in [2.05, 4.69) is 23.2 Å². The Labute approximate surface area is 133 Å². The summed E-state index contributed by atoms with van der Waals surface area (Å²) in [5.74, 6) is -0.888. The number of aromatic carboxylic acids is 1. The van der Waals surface area contributed by atoms with E-state index in [4.69, 9.17) is 0 Å². The SMILES string of the molecule is O=C(O)c1ccc2c(c1)C(c1ccc3ncccc3c1)=CCC2. The van der Waals surface area contributed by atoms with Gasteiger partial charge in [0.1, 0.15) is 0 Å². The topological polar surface area (TPSA) is 50.2 Å². The number of allylic oxidation sites excluding steroid dienone is 1. The van der Waals surface area contributed by atoms with Gasteiger partial charge in [-0.25, -0.2) is 4.79 Å². The molecule has 1 aliphatic rings. The Morgan fingerprint density at radius 3 is 2.87 bits per heavy atom. The fourth-order valence-corrected chi connectivity index (χ4v) is 3.18. The second kappa shape index (κ2) is 5.36. The minimum absolute atomic E-state index is 0.332. The van der Waals surface area contributed by atoms with Crippen molar-refractivity contribution in [3.8, 4) is 0 Å². The molecule has 0 bridgehead atoms. The molecule has 0 atom stereocenters. The van der Waals surface area contributed by atoms with Gasteiger partial charge in [0, 0.05) is 11.6 Å². The summed E-state index contributed by atoms with van der Waals surface area (Å²) in [6.07, 6.45) is 5.91. The predicted octanol–water partition coefficient (Wildman–Crippen LogP) is 4.31. The first-order chi connectivity index (χ1) is 11.2. The summed E-state index contributed by atoms with van der Waals surface area (Å²) < 4.78 is 0. The van der Waals surface area contributed by atoms with Crippen LogP contribution >= 0.6 is 0 Å². The van der Waals surface area contributed by atoms with E-state index in [0.29, 0.717) is 5.56 Å². The number of pyridine rings is 1. The zero-order chi connectivity index (χ0) is 15.8. The summed E-state index contributed by atoms with van der Waals surface area (Å²) in [4.78, 5) is 15.6. The van der Waals surface area contributed by atoms with Crippen LogP contribution in [0.3, 0.4) is 0 Å². The number of aryl methyl sites for hydroxylation is 1. The normalized spacial score (nSPS) is 13.5. The highest BCUT2D eigenvalue weighted by Crippen LogP contribution is 2.33. The summed E-state index contributed by atoms with van der Waals surface area (Å²) in [6.45, 7) is 0. The second-order valence-corrected chi connectivity index (χ2v) is 5.74. The number of fused-ring (bicyclic) bond motifs is 2. The van der Waals surface area contributed by atoms with Gasteiger partial charge in [-0.15, -0.1) is 0 Å². The molecule has 1 heterocycles. The molecule has 0 unspecified atom stereocenters. The molecule has 0 fully saturated rings. The minimum atomic E-state index is -0.888. The molecule has 1 aliphatic carbocycles. The van der Waals surface area contributed by atoms with Gasteiger partial charge in [0.2, 0.25) is 0 Å². The highest BCUT2D eigenvalue weighted by atomic mass is 16.4. The Kier molecular flexibility index (Phi) is 3.19. The highest BCUT2D eigenvalue weighted by Gasteiger charge is 2.16. The van der Waals surface area contributed by atoms with Crippen molar-refractivity contribution < 1.29 is 9.90 Å². The fraction of sp³-hybridized carbons (Fsp3) is 0.100. The van der Waals surface area contributed by atoms with Gasteiger partial charge in [0.25, 0.3) is 0 Å². The Bertz CT molecular complexity index is 957. The monoisotopic (exact) mass is 301 g/mol. The Hall–Kier alpha value is -2.94. The number of rotatable bonds is 2. The van der Waals surface area contributed by atoms with Crippen LogP contribution < -0.4 is 0 Å². The van der Waals surface area contributed by atoms with Crippen LogP contribution in [0.4, 0.5) is 0 Å². The van der Waals surface area contributed by atoms with Crippen LogP contribution in [-0.2, 0) is 6.42 Å². The van der Waals surface area contributed by atoms with Crippen molar-refractivity contribution in [2.75, 3.05) is 0 Å². The van der Waals surface area contributed by atoms with E-state index in [9.17, 15) is 9.90 Å². The third-order valence-corrected chi connectivity index (χ3v) is 4.32. The van der Waals surface area contributed by atoms with E-state index in [1.807, 2.05) is 24.3 Å². The average Bonchev–Trinajstić information content (AvgIpc) is 2.60. The smallest absolute Gasteiger partial charge is 0.335 e. The number of carbonyl (C=O) groups is 1. The van der Waals surface area contributed by atoms with Gasteiger partial charge in [-0.3, -0.25) is 4.98 Å². The minimum Gasteiger partial charge on any atom is -0.478 e. The third-order valence-electron chi connectivity index (χ3n) is 4.32. The molecule has 1 aromatic heterocycles. The van der Waals surface area contributed by atoms with Crippen molar-refractivity contribution >= 4 is 22.4 Å². The van der Waals surface area contributed by atoms with Gasteiger partial charge >= 0.3 is 5.97 Å². The summed E-state index contributed by atoms with van der Waals surface area (Å²) in [5, 5.41) is 10.3. The Balaban J connectivity index is 1.87. The van der Waals surface area contributed by atoms with Gasteiger partial charge in [0.05, 0.1) is 11.1 Å². The van der Waals surface area contributed by atoms with Crippen molar-refractivity contribution in [3.05, 3.63) is 83.1 Å². The molecular formula is C20H15NO2. The molecule has 3 nitrogen and oxygen atoms in total. The van der Waals surface area contributed by atoms with E-state index >= 15 is 0 Å². The second-order valence-electron chi connectivity index (χ2n) is 5.74. The van der Waals surface area contributed by atoms with Gasteiger partial charge in [-0.2, -0.15) is 0 Å². The lowest BCUT2D eigenvalue weighted by atomic mass is 9.85. The van der Waals surface area contributed by atoms with Crippen molar-refractivity contribution in [2.24, 2.45) is 0 Å². The van der Waals surface area contributed by atoms with Crippen LogP contribution in [0.25, 0.3) is 16.5 Å². The Morgan fingerprint density at radius 1 is 1.09 bits per heavy atom. The summed E-state index contributed by atoms with van der Waals surface area (Å²) >= 11 is 0. The molecule has 23 heavy (non-hydrogen) atoms. The largest absolute Gasteiger partial charge is 0.478 e. The molecule has 0 saturated heterocycles. The number of carboxylic acid groups (broad SMARTS) is 1. The van der Waals surface area contributed by atoms with Gasteiger partial charge < -0.3 is 5.11 Å². The van der Waals surface area contributed by atoms with Crippen LogP contribution in [0.1, 0.15) is 33.5 Å². The number of nitrogens with zero attached hydrogens (tertiary/aromatic N) is 1. The number of benzene rings is 2. The van der Waals surface area contributed by atoms with Gasteiger partial charge in [-0.05, 0) is 65.4 Å². The molecule has 4 rings (SSSR count). The van der Waals surface area contributed by atoms with Crippen LogP contribution in [0.5, 0.6) is 0 Å². The lowest BCUT2D eigenvalue weighted by molar-refractivity contribution is 0.0697. The standard InChI is InChI=1S/C20H15NO2/c22-20(23)16-7-6-13-3-1-5-17(18(13)12-16)14-8-9-19-15(11-14)4-2-10-21-19/h2,4-12H,1,3H2,(H,22,23). The lowest BCUT2D eigenvalue weighted by Crippen LogP contribution is -2.05. The molecule has 0 radical (unpaired) electrons. The maximum absolute atomic E-state index is 11.3. The molecule has 0 saturated carbocycles. The molecule has 0 aliphatic heterocycles. The van der Waals surface area contributed by atoms with E-state index in [0.717, 1.165) is 40.4 Å². The zero-order valence-electron chi connectivity index (χ0n) is 12.5. The van der Waals surface area contributed by atoms with E-state index in [1.165, 1.54) is 5.56 Å². The molecular weight excluding hydrogens is 286 g/mol. The average molecular weight is 301 g/mol. The highest BCUT2D eigenvalue weighted by molar-refractivity contribution is 5.93. The first kappa shape index (κ1) is 13.7. The van der Waals surface area contributed by atoms with Crippen molar-refractivity contribution in [1.82, 2.24) is 4.98 Å². The van der Waals surface area contributed by atoms with Gasteiger partial charge in [0.15, 0.2) is 0 Å². The first-order valence-corrected chi connectivity index (χ1v) is 7.64. The third kappa shape index (κ3) is 2.40. The maximum Gasteiger partial charge on any atom is 0.335 e. The lowest BCUT2D eigenvalue weighted by Gasteiger charge is -2.19. The maximum atomic E-state index is 11.3.